The molecule has 2 amide bonds. The van der Waals surface area contributed by atoms with Crippen molar-refractivity contribution in [3.05, 3.63) is 35.9 Å². The van der Waals surface area contributed by atoms with Gasteiger partial charge in [-0.15, -0.1) is 24.8 Å². The van der Waals surface area contributed by atoms with E-state index in [0.717, 1.165) is 6.54 Å². The van der Waals surface area contributed by atoms with Gasteiger partial charge in [0.1, 0.15) is 0 Å². The van der Waals surface area contributed by atoms with Gasteiger partial charge in [-0.3, -0.25) is 9.59 Å². The normalized spacial score (nSPS) is 24.3. The summed E-state index contributed by atoms with van der Waals surface area (Å²) in [6.45, 7) is 4.02. The minimum Gasteiger partial charge on any atom is -0.341 e. The summed E-state index contributed by atoms with van der Waals surface area (Å²) in [6, 6.07) is 10.3. The van der Waals surface area contributed by atoms with Gasteiger partial charge in [0.05, 0.1) is 5.92 Å². The van der Waals surface area contributed by atoms with Crippen molar-refractivity contribution in [2.45, 2.75) is 12.3 Å². The molecular formula is C20H32Cl2N4O2. The number of amides is 2. The number of rotatable bonds is 6. The van der Waals surface area contributed by atoms with Crippen LogP contribution >= 0.6 is 24.8 Å². The fraction of sp³-hybridized carbons (Fsp3) is 0.600. The Morgan fingerprint density at radius 2 is 1.82 bits per heavy atom. The van der Waals surface area contributed by atoms with Crippen LogP contribution in [-0.2, 0) is 9.59 Å². The fourth-order valence-corrected chi connectivity index (χ4v) is 4.10. The summed E-state index contributed by atoms with van der Waals surface area (Å²) in [5.74, 6) is 0.565. The third kappa shape index (κ3) is 5.60. The van der Waals surface area contributed by atoms with Crippen molar-refractivity contribution in [1.29, 1.82) is 0 Å². The highest BCUT2D eigenvalue weighted by molar-refractivity contribution is 5.89. The Morgan fingerprint density at radius 1 is 1.14 bits per heavy atom. The number of nitrogens with zero attached hydrogens (tertiary/aromatic N) is 3. The Bertz CT molecular complexity index is 644. The van der Waals surface area contributed by atoms with Gasteiger partial charge in [0.15, 0.2) is 0 Å². The van der Waals surface area contributed by atoms with Crippen molar-refractivity contribution >= 4 is 36.6 Å². The highest BCUT2D eigenvalue weighted by Gasteiger charge is 2.41. The molecule has 0 aliphatic carbocycles. The molecule has 8 heteroatoms. The van der Waals surface area contributed by atoms with Gasteiger partial charge in [-0.25, -0.2) is 0 Å². The van der Waals surface area contributed by atoms with Gasteiger partial charge in [-0.1, -0.05) is 30.3 Å². The van der Waals surface area contributed by atoms with Gasteiger partial charge in [-0.2, -0.15) is 0 Å². The average molecular weight is 431 g/mol. The first-order valence-corrected chi connectivity index (χ1v) is 9.46. The molecule has 0 bridgehead atoms. The lowest BCUT2D eigenvalue weighted by Crippen LogP contribution is -2.37. The van der Waals surface area contributed by atoms with Gasteiger partial charge >= 0.3 is 0 Å². The smallest absolute Gasteiger partial charge is 0.228 e. The third-order valence-electron chi connectivity index (χ3n) is 5.66. The molecule has 158 valence electrons. The first kappa shape index (κ1) is 24.7. The molecule has 2 fully saturated rings. The largest absolute Gasteiger partial charge is 0.341 e. The number of benzene rings is 1. The zero-order valence-electron chi connectivity index (χ0n) is 16.6. The average Bonchev–Trinajstić information content (AvgIpc) is 3.23. The van der Waals surface area contributed by atoms with Crippen LogP contribution in [0.25, 0.3) is 0 Å². The Morgan fingerprint density at radius 3 is 2.43 bits per heavy atom. The summed E-state index contributed by atoms with van der Waals surface area (Å²) < 4.78 is 0. The molecular weight excluding hydrogens is 399 g/mol. The Labute approximate surface area is 180 Å². The molecule has 2 heterocycles. The summed E-state index contributed by atoms with van der Waals surface area (Å²) in [4.78, 5) is 31.1. The first-order valence-electron chi connectivity index (χ1n) is 9.46. The molecule has 1 aromatic carbocycles. The number of carbonyl (C=O) groups is 2. The lowest BCUT2D eigenvalue weighted by molar-refractivity contribution is -0.135. The van der Waals surface area contributed by atoms with Crippen LogP contribution in [0.4, 0.5) is 0 Å². The van der Waals surface area contributed by atoms with Crippen LogP contribution in [0.15, 0.2) is 30.3 Å². The van der Waals surface area contributed by atoms with Gasteiger partial charge in [0.2, 0.25) is 11.8 Å². The number of likely N-dealkylation sites (tertiary alicyclic amines) is 2. The second-order valence-electron chi connectivity index (χ2n) is 7.80. The quantitative estimate of drug-likeness (QED) is 0.740. The maximum Gasteiger partial charge on any atom is 0.228 e. The summed E-state index contributed by atoms with van der Waals surface area (Å²) in [5.41, 5.74) is 7.23. The minimum absolute atomic E-state index is 0. The van der Waals surface area contributed by atoms with Crippen molar-refractivity contribution < 1.29 is 9.59 Å². The summed E-state index contributed by atoms with van der Waals surface area (Å²) in [5, 5.41) is 0. The van der Waals surface area contributed by atoms with E-state index in [2.05, 4.69) is 17.0 Å². The molecule has 28 heavy (non-hydrogen) atoms. The Hall–Kier alpha value is -1.34. The summed E-state index contributed by atoms with van der Waals surface area (Å²) >= 11 is 0. The number of likely N-dealkylation sites (N-methyl/N-ethyl adjacent to an activating group) is 1. The van der Waals surface area contributed by atoms with Crippen LogP contribution < -0.4 is 5.73 Å². The molecule has 3 atom stereocenters. The maximum atomic E-state index is 13.0. The van der Waals surface area contributed by atoms with Crippen LogP contribution in [0.1, 0.15) is 17.9 Å². The van der Waals surface area contributed by atoms with Crippen LogP contribution in [0.2, 0.25) is 0 Å². The van der Waals surface area contributed by atoms with E-state index in [0.29, 0.717) is 39.1 Å². The van der Waals surface area contributed by atoms with E-state index in [1.807, 2.05) is 42.1 Å². The van der Waals surface area contributed by atoms with E-state index in [4.69, 9.17) is 5.73 Å². The zero-order chi connectivity index (χ0) is 18.7. The highest BCUT2D eigenvalue weighted by atomic mass is 35.5. The van der Waals surface area contributed by atoms with Crippen LogP contribution in [0, 0.1) is 11.8 Å². The van der Waals surface area contributed by atoms with Crippen LogP contribution in [0.5, 0.6) is 0 Å². The zero-order valence-corrected chi connectivity index (χ0v) is 18.3. The molecule has 0 radical (unpaired) electrons. The predicted octanol–water partition coefficient (Wildman–Crippen LogP) is 1.44. The van der Waals surface area contributed by atoms with Gasteiger partial charge in [0.25, 0.3) is 0 Å². The van der Waals surface area contributed by atoms with E-state index < -0.39 is 0 Å². The molecule has 0 aromatic heterocycles. The number of hydrogen-bond donors (Lipinski definition) is 1. The number of hydrogen-bond acceptors (Lipinski definition) is 4. The van der Waals surface area contributed by atoms with Gasteiger partial charge in [0, 0.05) is 45.1 Å². The van der Waals surface area contributed by atoms with E-state index >= 15 is 0 Å². The van der Waals surface area contributed by atoms with Crippen molar-refractivity contribution in [3.8, 4) is 0 Å². The van der Waals surface area contributed by atoms with Crippen LogP contribution in [-0.4, -0.2) is 79.9 Å². The van der Waals surface area contributed by atoms with E-state index in [9.17, 15) is 9.59 Å². The van der Waals surface area contributed by atoms with E-state index in [-0.39, 0.29) is 54.4 Å². The molecule has 6 nitrogen and oxygen atoms in total. The topological polar surface area (TPSA) is 69.9 Å². The number of halogens is 2. The Kier molecular flexibility index (Phi) is 9.70. The molecule has 1 aromatic rings. The molecule has 2 saturated heterocycles. The molecule has 3 rings (SSSR count). The number of nitrogens with two attached hydrogens (primary N) is 1. The fourth-order valence-electron chi connectivity index (χ4n) is 4.10. The first-order chi connectivity index (χ1) is 12.5. The van der Waals surface area contributed by atoms with E-state index in [1.54, 1.807) is 0 Å². The molecule has 0 saturated carbocycles. The van der Waals surface area contributed by atoms with E-state index in [1.165, 1.54) is 5.56 Å². The lowest BCUT2D eigenvalue weighted by atomic mass is 9.89. The van der Waals surface area contributed by atoms with Crippen molar-refractivity contribution in [1.82, 2.24) is 14.7 Å². The van der Waals surface area contributed by atoms with Crippen LogP contribution in [0.3, 0.4) is 0 Å². The minimum atomic E-state index is -0.211. The lowest BCUT2D eigenvalue weighted by Gasteiger charge is -2.22. The summed E-state index contributed by atoms with van der Waals surface area (Å²) in [6.07, 6.45) is 0.339. The monoisotopic (exact) mass is 430 g/mol. The second kappa shape index (κ2) is 11.0. The molecule has 2 N–H and O–H groups in total. The summed E-state index contributed by atoms with van der Waals surface area (Å²) in [7, 11) is 3.98. The maximum absolute atomic E-state index is 13.0. The number of carbonyl (C=O) groups excluding carboxylic acids is 2. The second-order valence-corrected chi connectivity index (χ2v) is 7.80. The standard InChI is InChI=1S/C20H30N4O2.2ClH/c1-22(2)8-9-23-12-16(10-19(23)25)20(26)24-13-17(11-21)18(14-24)15-6-4-3-5-7-15;;/h3-7,16-18H,8-14,21H2,1-2H3;2*1H/t16?,17-,18+;;/m1../s1. The molecule has 1 unspecified atom stereocenters. The van der Waals surface area contributed by atoms with Gasteiger partial charge in [-0.05, 0) is 32.1 Å². The molecule has 2 aliphatic rings. The predicted molar refractivity (Wildman–Crippen MR) is 116 cm³/mol. The molecule has 0 spiro atoms. The van der Waals surface area contributed by atoms with Crippen molar-refractivity contribution in [2.75, 3.05) is 53.4 Å². The van der Waals surface area contributed by atoms with Crippen molar-refractivity contribution in [3.63, 3.8) is 0 Å². The van der Waals surface area contributed by atoms with Crippen molar-refractivity contribution in [2.24, 2.45) is 17.6 Å². The SMILES string of the molecule is CN(C)CCN1CC(C(=O)N2C[C@@H](CN)[C@H](c3ccccc3)C2)CC1=O.Cl.Cl. The third-order valence-corrected chi connectivity index (χ3v) is 5.66. The van der Waals surface area contributed by atoms with Gasteiger partial charge < -0.3 is 20.4 Å². The highest BCUT2D eigenvalue weighted by Crippen LogP contribution is 2.33. The molecule has 2 aliphatic heterocycles. The Balaban J connectivity index is 0.00000196.